The Morgan fingerprint density at radius 3 is 1.29 bits per heavy atom. The number of morpholine rings is 2. The molecule has 0 spiro atoms. The summed E-state index contributed by atoms with van der Waals surface area (Å²) in [5.41, 5.74) is 2.31. The number of hydrazine groups is 1. The monoisotopic (exact) mass is 1070 g/mol. The lowest BCUT2D eigenvalue weighted by atomic mass is 10.1. The van der Waals surface area contributed by atoms with Gasteiger partial charge in [0.2, 0.25) is 0 Å². The molecule has 2 aliphatic heterocycles. The van der Waals surface area contributed by atoms with Crippen LogP contribution in [0.3, 0.4) is 0 Å². The van der Waals surface area contributed by atoms with Crippen molar-refractivity contribution in [1.82, 2.24) is 30.6 Å². The largest absolute Gasteiger partial charge is 0.395 e. The number of ether oxygens (including phenoxy) is 2. The van der Waals surface area contributed by atoms with Crippen molar-refractivity contribution < 1.29 is 41.0 Å². The molecule has 19 nitrogen and oxygen atoms in total. The predicted octanol–water partition coefficient (Wildman–Crippen LogP) is 7.02. The Labute approximate surface area is 443 Å². The number of nitrogens with one attached hydrogen (secondary N) is 2. The first-order chi connectivity index (χ1) is 36.5. The number of urea groups is 2. The smallest absolute Gasteiger partial charge is 0.341 e. The molecular formula is C55H62N10O9S2. The van der Waals surface area contributed by atoms with E-state index in [-0.39, 0.29) is 70.1 Å². The zero-order valence-corrected chi connectivity index (χ0v) is 44.7. The van der Waals surface area contributed by atoms with Gasteiger partial charge in [0.25, 0.3) is 0 Å². The van der Waals surface area contributed by atoms with Crippen LogP contribution in [0.25, 0.3) is 22.8 Å². The third-order valence-corrected chi connectivity index (χ3v) is 19.8. The van der Waals surface area contributed by atoms with E-state index in [1.54, 1.807) is 121 Å². The molecule has 2 saturated heterocycles. The molecule has 4 aromatic carbocycles. The molecule has 10 rings (SSSR count). The molecule has 4 unspecified atom stereocenters. The lowest BCUT2D eigenvalue weighted by molar-refractivity contribution is 0.0752. The number of hydrogen-bond donors (Lipinski definition) is 3. The Balaban J connectivity index is 1.03. The third kappa shape index (κ3) is 9.52. The average molecular weight is 1070 g/mol. The molecule has 2 saturated carbocycles. The van der Waals surface area contributed by atoms with Gasteiger partial charge in [-0.15, -0.1) is 0 Å². The second kappa shape index (κ2) is 20.8. The van der Waals surface area contributed by atoms with E-state index in [9.17, 15) is 31.5 Å². The summed E-state index contributed by atoms with van der Waals surface area (Å²) < 4.78 is 66.7. The van der Waals surface area contributed by atoms with Crippen molar-refractivity contribution in [2.75, 3.05) is 66.4 Å². The summed E-state index contributed by atoms with van der Waals surface area (Å²) in [5, 5.41) is 17.4. The van der Waals surface area contributed by atoms with Gasteiger partial charge >= 0.3 is 12.1 Å². The first-order valence-electron chi connectivity index (χ1n) is 25.6. The Bertz CT molecular complexity index is 3310. The molecule has 398 valence electrons. The molecule has 4 amide bonds. The lowest BCUT2D eigenvalue weighted by Crippen LogP contribution is -2.57. The molecule has 0 bridgehead atoms. The highest BCUT2D eigenvalue weighted by atomic mass is 32.2. The van der Waals surface area contributed by atoms with Crippen LogP contribution in [0.15, 0.2) is 131 Å². The van der Waals surface area contributed by atoms with Gasteiger partial charge in [-0.2, -0.15) is 10.0 Å². The Kier molecular flexibility index (Phi) is 14.4. The summed E-state index contributed by atoms with van der Waals surface area (Å²) in [6.07, 6.45) is 1.54. The fourth-order valence-electron chi connectivity index (χ4n) is 10.5. The van der Waals surface area contributed by atoms with E-state index in [1.807, 2.05) is 27.7 Å². The van der Waals surface area contributed by atoms with Gasteiger partial charge in [0.05, 0.1) is 89.8 Å². The number of benzene rings is 4. The van der Waals surface area contributed by atoms with Crippen LogP contribution in [0.5, 0.6) is 0 Å². The molecule has 4 atom stereocenters. The van der Waals surface area contributed by atoms with Gasteiger partial charge < -0.3 is 35.0 Å². The summed E-state index contributed by atoms with van der Waals surface area (Å²) >= 11 is 0. The molecule has 2 aliphatic carbocycles. The number of amides is 4. The lowest BCUT2D eigenvalue weighted by Gasteiger charge is -2.40. The van der Waals surface area contributed by atoms with Crippen LogP contribution in [0.1, 0.15) is 64.8 Å². The number of hydrogen-bond acceptors (Lipinski definition) is 15. The van der Waals surface area contributed by atoms with Gasteiger partial charge in [0.1, 0.15) is 21.1 Å². The maximum absolute atomic E-state index is 14.4. The summed E-state index contributed by atoms with van der Waals surface area (Å²) in [6.45, 7) is 9.45. The minimum absolute atomic E-state index is 0.0720. The first-order valence-corrected chi connectivity index (χ1v) is 28.5. The molecule has 4 fully saturated rings. The number of nitrogens with zero attached hydrogens (tertiary/aromatic N) is 8. The van der Waals surface area contributed by atoms with E-state index in [0.717, 1.165) is 10.0 Å². The zero-order chi connectivity index (χ0) is 53.6. The van der Waals surface area contributed by atoms with Crippen molar-refractivity contribution in [3.8, 4) is 22.8 Å². The summed E-state index contributed by atoms with van der Waals surface area (Å²) in [6, 6.07) is 32.0. The molecule has 3 N–H and O–H groups in total. The highest BCUT2D eigenvalue weighted by Gasteiger charge is 2.59. The van der Waals surface area contributed by atoms with Crippen LogP contribution in [-0.2, 0) is 38.6 Å². The van der Waals surface area contributed by atoms with Crippen LogP contribution in [-0.4, -0.2) is 125 Å². The molecular weight excluding hydrogens is 1010 g/mol. The maximum Gasteiger partial charge on any atom is 0.341 e. The predicted molar refractivity (Wildman–Crippen MR) is 288 cm³/mol. The van der Waals surface area contributed by atoms with E-state index in [1.165, 1.54) is 7.05 Å². The quantitative estimate of drug-likeness (QED) is 0.0931. The van der Waals surface area contributed by atoms with Gasteiger partial charge in [-0.05, 0) is 126 Å². The molecule has 4 heterocycles. The van der Waals surface area contributed by atoms with Gasteiger partial charge in [0, 0.05) is 36.9 Å². The summed E-state index contributed by atoms with van der Waals surface area (Å²) in [5.74, 6) is 1.67. The van der Waals surface area contributed by atoms with Gasteiger partial charge in [-0.3, -0.25) is 0 Å². The number of carbonyl (C=O) groups is 2. The summed E-state index contributed by atoms with van der Waals surface area (Å²) in [4.78, 5) is 53.2. The highest BCUT2D eigenvalue weighted by Crippen LogP contribution is 2.56. The van der Waals surface area contributed by atoms with E-state index >= 15 is 0 Å². The van der Waals surface area contributed by atoms with Crippen molar-refractivity contribution in [3.05, 3.63) is 133 Å². The number of aliphatic hydroxyl groups excluding tert-OH is 1. The molecule has 76 heavy (non-hydrogen) atoms. The third-order valence-electron chi connectivity index (χ3n) is 14.7. The molecule has 6 aromatic rings. The van der Waals surface area contributed by atoms with E-state index in [2.05, 4.69) is 20.4 Å². The van der Waals surface area contributed by atoms with Gasteiger partial charge in [-0.1, -0.05) is 36.4 Å². The number of aromatic nitrogens is 4. The number of anilines is 4. The minimum atomic E-state index is -3.87. The normalized spacial score (nSPS) is 20.8. The van der Waals surface area contributed by atoms with Crippen LogP contribution < -0.4 is 30.5 Å². The topological polar surface area (TPSA) is 230 Å². The van der Waals surface area contributed by atoms with Gasteiger partial charge in [-0.25, -0.2) is 46.4 Å². The molecule has 2 aromatic heterocycles. The standard InChI is InChI=1S/C55H62N10O9S2/c1-36-32-73-33-37(2)62(36)48-30-46(54(24-25-54)75(69,70)44-12-8-6-9-13-44)58-50(60-48)40-16-20-42(21-17-40)64(52(67)56-5)65(53(68)57-28-29-66)43-22-18-41(19-23-43)51-59-47(31-49(61-51)63-38(3)34-74-35-39(63)4)55(26-27-55)76(71,72)45-14-10-7-11-15-45/h6-23,30-31,36-39,66H,24-29,32-35H2,1-5H3,(H,56,67)(H,57,68). The second-order valence-corrected chi connectivity index (χ2v) is 24.5. The van der Waals surface area contributed by atoms with Crippen LogP contribution in [0.4, 0.5) is 32.6 Å². The minimum Gasteiger partial charge on any atom is -0.395 e. The van der Waals surface area contributed by atoms with Crippen molar-refractivity contribution >= 4 is 54.7 Å². The average Bonchev–Trinajstić information content (AvgIpc) is 4.51. The van der Waals surface area contributed by atoms with Crippen LogP contribution in [0.2, 0.25) is 0 Å². The fourth-order valence-corrected chi connectivity index (χ4v) is 14.4. The molecule has 21 heteroatoms. The fraction of sp³-hybridized carbons (Fsp3) is 0.382. The molecule has 0 radical (unpaired) electrons. The van der Waals surface area contributed by atoms with Crippen molar-refractivity contribution in [2.24, 2.45) is 0 Å². The Morgan fingerprint density at radius 1 is 0.579 bits per heavy atom. The van der Waals surface area contributed by atoms with Crippen LogP contribution in [0, 0.1) is 0 Å². The Morgan fingerprint density at radius 2 is 0.947 bits per heavy atom. The highest BCUT2D eigenvalue weighted by molar-refractivity contribution is 7.93. The molecule has 4 aliphatic rings. The van der Waals surface area contributed by atoms with Gasteiger partial charge in [0.15, 0.2) is 31.3 Å². The number of sulfone groups is 2. The number of carbonyl (C=O) groups excluding carboxylic acids is 2. The second-order valence-electron chi connectivity index (χ2n) is 20.0. The first kappa shape index (κ1) is 52.4. The Hall–Kier alpha value is -7.04. The van der Waals surface area contributed by atoms with E-state index in [4.69, 9.17) is 29.4 Å². The summed E-state index contributed by atoms with van der Waals surface area (Å²) in [7, 11) is -6.29. The number of aliphatic hydroxyl groups is 1. The zero-order valence-electron chi connectivity index (χ0n) is 43.0. The van der Waals surface area contributed by atoms with E-state index in [0.29, 0.717) is 86.3 Å². The van der Waals surface area contributed by atoms with Crippen molar-refractivity contribution in [1.29, 1.82) is 0 Å². The number of rotatable bonds is 14. The van der Waals surface area contributed by atoms with E-state index < -0.39 is 41.2 Å². The SMILES string of the molecule is CNC(=O)N(c1ccc(-c2nc(N3C(C)COCC3C)cc(C3(S(=O)(=O)c4ccccc4)CC3)n2)cc1)N(C(=O)NCCO)c1ccc(-c2nc(N3C(C)COCC3C)cc(C3(S(=O)(=O)c4ccccc4)CC3)n2)cc1. The van der Waals surface area contributed by atoms with Crippen LogP contribution >= 0.6 is 0 Å². The van der Waals surface area contributed by atoms with Crippen molar-refractivity contribution in [3.63, 3.8) is 0 Å². The van der Waals surface area contributed by atoms with Crippen molar-refractivity contribution in [2.45, 2.75) is 96.8 Å². The maximum atomic E-state index is 14.4.